The van der Waals surface area contributed by atoms with Crippen molar-refractivity contribution in [3.8, 4) is 6.07 Å². The summed E-state index contributed by atoms with van der Waals surface area (Å²) < 4.78 is 0. The summed E-state index contributed by atoms with van der Waals surface area (Å²) in [7, 11) is 0. The van der Waals surface area contributed by atoms with Gasteiger partial charge in [0, 0.05) is 30.0 Å². The first-order valence-corrected chi connectivity index (χ1v) is 7.25. The maximum Gasteiger partial charge on any atom is 0.320 e. The molecule has 0 saturated heterocycles. The Bertz CT molecular complexity index is 889. The van der Waals surface area contributed by atoms with Crippen LogP contribution in [0.2, 0.25) is 0 Å². The van der Waals surface area contributed by atoms with Crippen LogP contribution in [0, 0.1) is 31.6 Å². The molecule has 0 radical (unpaired) electrons. The third kappa shape index (κ3) is 4.09. The van der Waals surface area contributed by atoms with Gasteiger partial charge in [0.1, 0.15) is 0 Å². The van der Waals surface area contributed by atoms with Gasteiger partial charge in [0.25, 0.3) is 11.4 Å². The van der Waals surface area contributed by atoms with E-state index < -0.39 is 21.4 Å². The minimum absolute atomic E-state index is 0.122. The molecule has 2 N–H and O–H groups in total. The van der Waals surface area contributed by atoms with Crippen LogP contribution in [0.5, 0.6) is 0 Å². The third-order valence-electron chi connectivity index (χ3n) is 3.58. The summed E-state index contributed by atoms with van der Waals surface area (Å²) in [5.74, 6) is 0. The molecule has 2 amide bonds. The summed E-state index contributed by atoms with van der Waals surface area (Å²) in [4.78, 5) is 32.3. The molecule has 132 valence electrons. The molecule has 1 unspecified atom stereocenters. The number of anilines is 1. The second-order valence-corrected chi connectivity index (χ2v) is 5.42. The minimum atomic E-state index is -1.43. The van der Waals surface area contributed by atoms with Crippen LogP contribution in [0.4, 0.5) is 21.9 Å². The summed E-state index contributed by atoms with van der Waals surface area (Å²) in [5, 5.41) is 35.7. The van der Waals surface area contributed by atoms with Crippen molar-refractivity contribution >= 4 is 23.1 Å². The van der Waals surface area contributed by atoms with Crippen molar-refractivity contribution < 1.29 is 14.6 Å². The van der Waals surface area contributed by atoms with E-state index in [0.29, 0.717) is 11.3 Å². The quantitative estimate of drug-likeness (QED) is 0.621. The number of hydrogen-bond acceptors (Lipinski definition) is 6. The van der Waals surface area contributed by atoms with Gasteiger partial charge < -0.3 is 10.6 Å². The molecule has 2 aromatic rings. The second-order valence-electron chi connectivity index (χ2n) is 5.42. The van der Waals surface area contributed by atoms with Gasteiger partial charge in [0.2, 0.25) is 0 Å². The first-order valence-electron chi connectivity index (χ1n) is 7.25. The zero-order valence-electron chi connectivity index (χ0n) is 13.5. The molecule has 0 heterocycles. The fraction of sp³-hybridized carbons (Fsp3) is 0.125. The molecule has 0 bridgehead atoms. The number of nitriles is 1. The van der Waals surface area contributed by atoms with Crippen molar-refractivity contribution in [2.24, 2.45) is 0 Å². The maximum absolute atomic E-state index is 12.1. The molecule has 2 rings (SSSR count). The Morgan fingerprint density at radius 3 is 1.88 bits per heavy atom. The number of carbonyl (C=O) groups excluding carboxylic acids is 1. The van der Waals surface area contributed by atoms with Crippen LogP contribution >= 0.6 is 0 Å². The van der Waals surface area contributed by atoms with Crippen LogP contribution in [0.3, 0.4) is 0 Å². The van der Waals surface area contributed by atoms with Crippen LogP contribution in [0.25, 0.3) is 0 Å². The van der Waals surface area contributed by atoms with Crippen LogP contribution in [0.15, 0.2) is 48.5 Å². The van der Waals surface area contributed by atoms with Crippen LogP contribution in [-0.2, 0) is 5.54 Å². The first-order chi connectivity index (χ1) is 12.2. The van der Waals surface area contributed by atoms with Crippen LogP contribution < -0.4 is 10.6 Å². The van der Waals surface area contributed by atoms with Crippen LogP contribution in [-0.4, -0.2) is 15.9 Å². The number of nitro benzene ring substituents is 2. The van der Waals surface area contributed by atoms with E-state index in [-0.39, 0.29) is 11.4 Å². The predicted molar refractivity (Wildman–Crippen MR) is 91.3 cm³/mol. The molecule has 0 aromatic heterocycles. The largest absolute Gasteiger partial charge is 0.320 e. The number of hydrogen-bond donors (Lipinski definition) is 2. The van der Waals surface area contributed by atoms with Crippen molar-refractivity contribution in [1.29, 1.82) is 5.26 Å². The Balaban J connectivity index is 2.12. The number of nitro groups is 2. The lowest BCUT2D eigenvalue weighted by atomic mass is 9.93. The molecular formula is C16H13N5O5. The molecular weight excluding hydrogens is 342 g/mol. The number of urea groups is 1. The van der Waals surface area contributed by atoms with Gasteiger partial charge in [-0.05, 0) is 36.8 Å². The minimum Gasteiger partial charge on any atom is -0.316 e. The molecule has 0 aliphatic carbocycles. The number of nitrogens with zero attached hydrogens (tertiary/aromatic N) is 3. The molecule has 2 aromatic carbocycles. The van der Waals surface area contributed by atoms with Gasteiger partial charge in [-0.3, -0.25) is 20.2 Å². The number of non-ortho nitro benzene ring substituents is 2. The maximum atomic E-state index is 12.1. The van der Waals surface area contributed by atoms with Crippen molar-refractivity contribution in [1.82, 2.24) is 5.32 Å². The Morgan fingerprint density at radius 2 is 1.46 bits per heavy atom. The molecule has 26 heavy (non-hydrogen) atoms. The Hall–Kier alpha value is -4.00. The fourth-order valence-electron chi connectivity index (χ4n) is 2.14. The molecule has 1 atom stereocenters. The van der Waals surface area contributed by atoms with E-state index in [2.05, 4.69) is 10.6 Å². The Kier molecular flexibility index (Phi) is 5.13. The zero-order valence-corrected chi connectivity index (χ0v) is 13.5. The van der Waals surface area contributed by atoms with Gasteiger partial charge in [0.15, 0.2) is 5.54 Å². The van der Waals surface area contributed by atoms with Crippen molar-refractivity contribution in [2.75, 3.05) is 5.32 Å². The SMILES string of the molecule is CC(C#N)(NC(=O)Nc1ccc([N+](=O)[O-])cc1)c1ccc([N+](=O)[O-])cc1. The lowest BCUT2D eigenvalue weighted by Crippen LogP contribution is -2.44. The van der Waals surface area contributed by atoms with E-state index in [1.807, 2.05) is 6.07 Å². The summed E-state index contributed by atoms with van der Waals surface area (Å²) in [6.07, 6.45) is 0. The Labute approximate surface area is 147 Å². The average molecular weight is 355 g/mol. The molecule has 10 nitrogen and oxygen atoms in total. The summed E-state index contributed by atoms with van der Waals surface area (Å²) in [6.45, 7) is 1.45. The number of benzene rings is 2. The number of rotatable bonds is 5. The molecule has 0 fully saturated rings. The van der Waals surface area contributed by atoms with E-state index in [4.69, 9.17) is 0 Å². The summed E-state index contributed by atoms with van der Waals surface area (Å²) in [5.41, 5.74) is -1.02. The van der Waals surface area contributed by atoms with Crippen molar-refractivity contribution in [2.45, 2.75) is 12.5 Å². The highest BCUT2D eigenvalue weighted by molar-refractivity contribution is 5.90. The standard InChI is InChI=1S/C16H13N5O5/c1-16(10-17,11-2-6-13(7-3-11)20(23)24)19-15(22)18-12-4-8-14(9-5-12)21(25)26/h2-9H,1H3,(H2,18,19,22). The highest BCUT2D eigenvalue weighted by Gasteiger charge is 2.29. The van der Waals surface area contributed by atoms with Gasteiger partial charge in [-0.1, -0.05) is 0 Å². The lowest BCUT2D eigenvalue weighted by Gasteiger charge is -2.23. The monoisotopic (exact) mass is 355 g/mol. The smallest absolute Gasteiger partial charge is 0.316 e. The number of nitrogens with one attached hydrogen (secondary N) is 2. The summed E-state index contributed by atoms with van der Waals surface area (Å²) in [6, 6.07) is 11.7. The predicted octanol–water partition coefficient (Wildman–Crippen LogP) is 3.06. The molecule has 0 aliphatic heterocycles. The molecule has 0 aliphatic rings. The molecule has 10 heteroatoms. The molecule has 0 spiro atoms. The van der Waals surface area contributed by atoms with Gasteiger partial charge in [-0.25, -0.2) is 4.79 Å². The third-order valence-corrected chi connectivity index (χ3v) is 3.58. The number of amides is 2. The molecule has 0 saturated carbocycles. The van der Waals surface area contributed by atoms with E-state index >= 15 is 0 Å². The van der Waals surface area contributed by atoms with Gasteiger partial charge >= 0.3 is 6.03 Å². The van der Waals surface area contributed by atoms with Gasteiger partial charge in [0.05, 0.1) is 15.9 Å². The Morgan fingerprint density at radius 1 is 1.00 bits per heavy atom. The number of carbonyl (C=O) groups is 1. The lowest BCUT2D eigenvalue weighted by molar-refractivity contribution is -0.385. The average Bonchev–Trinajstić information content (AvgIpc) is 2.62. The highest BCUT2D eigenvalue weighted by Crippen LogP contribution is 2.23. The first kappa shape index (κ1) is 18.3. The van der Waals surface area contributed by atoms with Gasteiger partial charge in [-0.15, -0.1) is 0 Å². The van der Waals surface area contributed by atoms with E-state index in [0.717, 1.165) is 0 Å². The van der Waals surface area contributed by atoms with E-state index in [1.165, 1.54) is 55.5 Å². The summed E-state index contributed by atoms with van der Waals surface area (Å²) >= 11 is 0. The topological polar surface area (TPSA) is 151 Å². The second kappa shape index (κ2) is 7.27. The van der Waals surface area contributed by atoms with Crippen LogP contribution in [0.1, 0.15) is 12.5 Å². The van der Waals surface area contributed by atoms with Crippen molar-refractivity contribution in [3.05, 3.63) is 74.3 Å². The highest BCUT2D eigenvalue weighted by atomic mass is 16.6. The zero-order chi connectivity index (χ0) is 19.3. The van der Waals surface area contributed by atoms with Gasteiger partial charge in [-0.2, -0.15) is 5.26 Å². The van der Waals surface area contributed by atoms with E-state index in [9.17, 15) is 30.3 Å². The normalized spacial score (nSPS) is 12.3. The van der Waals surface area contributed by atoms with E-state index in [1.54, 1.807) is 0 Å². The van der Waals surface area contributed by atoms with Crippen molar-refractivity contribution in [3.63, 3.8) is 0 Å². The fourth-order valence-corrected chi connectivity index (χ4v) is 2.14.